The van der Waals surface area contributed by atoms with Crippen LogP contribution in [-0.2, 0) is 11.8 Å². The number of rotatable bonds is 6. The van der Waals surface area contributed by atoms with Crippen molar-refractivity contribution < 1.29 is 24.9 Å². The number of aromatic hydroxyl groups is 1. The third-order valence-electron chi connectivity index (χ3n) is 6.43. The summed E-state index contributed by atoms with van der Waals surface area (Å²) in [6.45, 7) is -0.122. The predicted octanol–water partition coefficient (Wildman–Crippen LogP) is 5.30. The second kappa shape index (κ2) is 9.61. The maximum Gasteiger partial charge on any atom is 0.352 e. The van der Waals surface area contributed by atoms with E-state index in [1.54, 1.807) is 37.5 Å². The number of hydrogen-bond donors (Lipinski definition) is 3. The molecule has 0 spiro atoms. The molecule has 0 fully saturated rings. The van der Waals surface area contributed by atoms with Gasteiger partial charge in [0.2, 0.25) is 0 Å². The Labute approximate surface area is 218 Å². The van der Waals surface area contributed by atoms with E-state index >= 15 is 0 Å². The van der Waals surface area contributed by atoms with Crippen LogP contribution in [-0.4, -0.2) is 44.9 Å². The van der Waals surface area contributed by atoms with E-state index in [-0.39, 0.29) is 30.5 Å². The molecule has 0 bridgehead atoms. The first-order valence-corrected chi connectivity index (χ1v) is 11.9. The van der Waals surface area contributed by atoms with Crippen LogP contribution in [0.3, 0.4) is 0 Å². The van der Waals surface area contributed by atoms with Gasteiger partial charge >= 0.3 is 5.97 Å². The van der Waals surface area contributed by atoms with Gasteiger partial charge in [-0.15, -0.1) is 0 Å². The monoisotopic (exact) mass is 514 g/mol. The van der Waals surface area contributed by atoms with Crippen molar-refractivity contribution in [1.29, 1.82) is 0 Å². The second-order valence-electron chi connectivity index (χ2n) is 8.76. The van der Waals surface area contributed by atoms with Crippen molar-refractivity contribution in [2.24, 2.45) is 7.05 Å². The Bertz CT molecular complexity index is 1570. The molecule has 3 aromatic carbocycles. The summed E-state index contributed by atoms with van der Waals surface area (Å²) in [4.78, 5) is 26.3. The number of para-hydroxylation sites is 1. The number of anilines is 1. The lowest BCUT2D eigenvalue weighted by atomic mass is 9.96. The molecule has 5 rings (SSSR count). The molecule has 3 N–H and O–H groups in total. The SMILES string of the molecule is Cn1cc(/C=C2\C(=O)N(CCO)c3cc(Cl)c(-c4ccc(-c5ccccc5O)cc4)cc32)cc1C(=O)O. The average Bonchev–Trinajstić information content (AvgIpc) is 3.37. The Morgan fingerprint density at radius 1 is 0.973 bits per heavy atom. The Morgan fingerprint density at radius 2 is 1.65 bits per heavy atom. The zero-order chi connectivity index (χ0) is 26.3. The molecular formula is C29H23ClN2O5. The number of phenolic OH excluding ortho intramolecular Hbond substituents is 1. The number of benzene rings is 3. The molecule has 0 saturated heterocycles. The molecular weight excluding hydrogens is 492 g/mol. The van der Waals surface area contributed by atoms with Gasteiger partial charge in [0.15, 0.2) is 0 Å². The Balaban J connectivity index is 1.60. The largest absolute Gasteiger partial charge is 0.507 e. The first-order chi connectivity index (χ1) is 17.8. The molecule has 1 aliphatic heterocycles. The zero-order valence-corrected chi connectivity index (χ0v) is 20.6. The van der Waals surface area contributed by atoms with Gasteiger partial charge in [-0.1, -0.05) is 54.1 Å². The maximum atomic E-state index is 13.3. The Morgan fingerprint density at radius 3 is 2.27 bits per heavy atom. The maximum absolute atomic E-state index is 13.3. The lowest BCUT2D eigenvalue weighted by Crippen LogP contribution is -2.29. The topological polar surface area (TPSA) is 103 Å². The highest BCUT2D eigenvalue weighted by Gasteiger charge is 2.33. The molecule has 0 saturated carbocycles. The van der Waals surface area contributed by atoms with Gasteiger partial charge < -0.3 is 24.8 Å². The number of nitrogens with zero attached hydrogens (tertiary/aromatic N) is 2. The van der Waals surface area contributed by atoms with Gasteiger partial charge in [-0.25, -0.2) is 4.79 Å². The summed E-state index contributed by atoms with van der Waals surface area (Å²) in [6, 6.07) is 19.7. The number of β-amino-alcohol motifs (C(OH)–C–C–N with tert-alkyl or cyclic N) is 1. The minimum absolute atomic E-state index is 0.100. The summed E-state index contributed by atoms with van der Waals surface area (Å²) in [6.07, 6.45) is 3.30. The number of amides is 1. The van der Waals surface area contributed by atoms with Crippen LogP contribution in [0.2, 0.25) is 5.02 Å². The number of aliphatic hydroxyl groups excluding tert-OH is 1. The number of aryl methyl sites for hydroxylation is 1. The first kappa shape index (κ1) is 24.4. The molecule has 8 heteroatoms. The molecule has 1 aromatic heterocycles. The van der Waals surface area contributed by atoms with Gasteiger partial charge in [-0.3, -0.25) is 4.79 Å². The molecule has 4 aromatic rings. The third-order valence-corrected chi connectivity index (χ3v) is 6.75. The van der Waals surface area contributed by atoms with Gasteiger partial charge in [-0.2, -0.15) is 0 Å². The van der Waals surface area contributed by atoms with Gasteiger partial charge in [0.05, 0.1) is 17.3 Å². The van der Waals surface area contributed by atoms with E-state index in [1.807, 2.05) is 42.5 Å². The summed E-state index contributed by atoms with van der Waals surface area (Å²) >= 11 is 6.68. The van der Waals surface area contributed by atoms with Crippen molar-refractivity contribution in [2.45, 2.75) is 0 Å². The van der Waals surface area contributed by atoms with Crippen LogP contribution in [0.5, 0.6) is 5.75 Å². The van der Waals surface area contributed by atoms with Gasteiger partial charge in [0.1, 0.15) is 11.4 Å². The summed E-state index contributed by atoms with van der Waals surface area (Å²) < 4.78 is 1.49. The smallest absolute Gasteiger partial charge is 0.352 e. The highest BCUT2D eigenvalue weighted by Crippen LogP contribution is 2.44. The standard InChI is InChI=1S/C29H23ClN2O5/c1-31-16-17(13-26(31)29(36)37)12-23-22-14-21(24(30)15-25(22)32(10-11-33)28(23)35)19-8-6-18(7-9-19)20-4-2-3-5-27(20)34/h2-9,12-16,33-34H,10-11H2,1H3,(H,36,37)/b23-12-. The normalized spacial score (nSPS) is 13.9. The Kier molecular flexibility index (Phi) is 6.33. The van der Waals surface area contributed by atoms with Crippen molar-refractivity contribution >= 4 is 40.8 Å². The van der Waals surface area contributed by atoms with Crippen LogP contribution in [0, 0.1) is 0 Å². The second-order valence-corrected chi connectivity index (χ2v) is 9.16. The van der Waals surface area contributed by atoms with Crippen LogP contribution < -0.4 is 4.90 Å². The van der Waals surface area contributed by atoms with Crippen molar-refractivity contribution in [3.8, 4) is 28.0 Å². The molecule has 1 aliphatic rings. The molecule has 0 aliphatic carbocycles. The van der Waals surface area contributed by atoms with Gasteiger partial charge in [0.25, 0.3) is 5.91 Å². The molecule has 0 unspecified atom stereocenters. The third kappa shape index (κ3) is 4.39. The summed E-state index contributed by atoms with van der Waals surface area (Å²) in [5.41, 5.74) is 5.39. The summed E-state index contributed by atoms with van der Waals surface area (Å²) in [7, 11) is 1.63. The minimum Gasteiger partial charge on any atom is -0.507 e. The number of aliphatic hydroxyl groups is 1. The van der Waals surface area contributed by atoms with E-state index in [2.05, 4.69) is 0 Å². The van der Waals surface area contributed by atoms with E-state index in [1.165, 1.54) is 15.5 Å². The van der Waals surface area contributed by atoms with Crippen molar-refractivity contribution in [3.63, 3.8) is 0 Å². The van der Waals surface area contributed by atoms with Gasteiger partial charge in [0, 0.05) is 42.1 Å². The fourth-order valence-electron chi connectivity index (χ4n) is 4.65. The molecule has 0 radical (unpaired) electrons. The van der Waals surface area contributed by atoms with Crippen LogP contribution in [0.15, 0.2) is 72.9 Å². The number of carbonyl (C=O) groups is 2. The number of halogens is 1. The molecule has 2 heterocycles. The summed E-state index contributed by atoms with van der Waals surface area (Å²) in [5.74, 6) is -1.17. The lowest BCUT2D eigenvalue weighted by Gasteiger charge is -2.16. The number of carboxylic acids is 1. The predicted molar refractivity (Wildman–Crippen MR) is 144 cm³/mol. The lowest BCUT2D eigenvalue weighted by molar-refractivity contribution is -0.113. The molecule has 0 atom stereocenters. The van der Waals surface area contributed by atoms with Crippen LogP contribution in [0.25, 0.3) is 33.9 Å². The highest BCUT2D eigenvalue weighted by atomic mass is 35.5. The molecule has 1 amide bonds. The number of phenols is 1. The quantitative estimate of drug-likeness (QED) is 0.303. The van der Waals surface area contributed by atoms with E-state index in [9.17, 15) is 24.9 Å². The van der Waals surface area contributed by atoms with Crippen molar-refractivity contribution in [1.82, 2.24) is 4.57 Å². The van der Waals surface area contributed by atoms with E-state index in [0.717, 1.165) is 11.1 Å². The average molecular weight is 515 g/mol. The van der Waals surface area contributed by atoms with E-state index in [4.69, 9.17) is 11.6 Å². The number of hydrogen-bond acceptors (Lipinski definition) is 4. The molecule has 186 valence electrons. The number of aromatic carboxylic acids is 1. The van der Waals surface area contributed by atoms with Crippen LogP contribution in [0.1, 0.15) is 21.6 Å². The van der Waals surface area contributed by atoms with Crippen LogP contribution >= 0.6 is 11.6 Å². The number of carbonyl (C=O) groups excluding carboxylic acids is 1. The minimum atomic E-state index is -1.06. The number of aromatic nitrogens is 1. The first-order valence-electron chi connectivity index (χ1n) is 11.5. The zero-order valence-electron chi connectivity index (χ0n) is 19.9. The van der Waals surface area contributed by atoms with Crippen molar-refractivity contribution in [3.05, 3.63) is 94.8 Å². The number of carboxylic acid groups (broad SMARTS) is 1. The number of fused-ring (bicyclic) bond motifs is 1. The summed E-state index contributed by atoms with van der Waals surface area (Å²) in [5, 5.41) is 29.6. The molecule has 7 nitrogen and oxygen atoms in total. The van der Waals surface area contributed by atoms with Crippen LogP contribution in [0.4, 0.5) is 5.69 Å². The Hall–Kier alpha value is -4.33. The highest BCUT2D eigenvalue weighted by molar-refractivity contribution is 6.38. The van der Waals surface area contributed by atoms with Crippen molar-refractivity contribution in [2.75, 3.05) is 18.1 Å². The fourth-order valence-corrected chi connectivity index (χ4v) is 4.92. The van der Waals surface area contributed by atoms with E-state index < -0.39 is 5.97 Å². The van der Waals surface area contributed by atoms with Gasteiger partial charge in [-0.05, 0) is 47.0 Å². The molecule has 37 heavy (non-hydrogen) atoms. The van der Waals surface area contributed by atoms with E-state index in [0.29, 0.717) is 38.5 Å². The fraction of sp³-hybridized carbons (Fsp3) is 0.103.